The van der Waals surface area contributed by atoms with E-state index in [1.54, 1.807) is 0 Å². The summed E-state index contributed by atoms with van der Waals surface area (Å²) in [4.78, 5) is 21.9. The summed E-state index contributed by atoms with van der Waals surface area (Å²) in [6, 6.07) is 2.75. The molecule has 0 saturated heterocycles. The van der Waals surface area contributed by atoms with Crippen molar-refractivity contribution in [2.75, 3.05) is 0 Å². The second-order valence-corrected chi connectivity index (χ2v) is 3.74. The molecule has 0 N–H and O–H groups in total. The average Bonchev–Trinajstić information content (AvgIpc) is 2.16. The van der Waals surface area contributed by atoms with E-state index in [0.717, 1.165) is 0 Å². The number of hydrogen-bond acceptors (Lipinski definition) is 3. The summed E-state index contributed by atoms with van der Waals surface area (Å²) in [5.74, 6) is -0.849. The van der Waals surface area contributed by atoms with E-state index in [2.05, 4.69) is 20.7 Å². The summed E-state index contributed by atoms with van der Waals surface area (Å²) < 4.78 is 28.8. The number of ether oxygens (including phenoxy) is 1. The van der Waals surface area contributed by atoms with Gasteiger partial charge in [-0.25, -0.2) is 0 Å². The minimum Gasteiger partial charge on any atom is -0.433 e. The van der Waals surface area contributed by atoms with Crippen LogP contribution in [0.15, 0.2) is 16.6 Å². The molecule has 0 atom stereocenters. The Morgan fingerprint density at radius 1 is 1.50 bits per heavy atom. The number of Topliss-reactive ketones (excluding diaryl/α,β-unsaturated/α-hetero) is 1. The third kappa shape index (κ3) is 2.63. The number of carbonyl (C=O) groups is 2. The van der Waals surface area contributed by atoms with Crippen molar-refractivity contribution in [1.29, 1.82) is 0 Å². The van der Waals surface area contributed by atoms with Gasteiger partial charge in [-0.05, 0) is 35.0 Å². The van der Waals surface area contributed by atoms with Gasteiger partial charge in [0.2, 0.25) is 0 Å². The number of hydrogen-bond donors (Lipinski definition) is 0. The van der Waals surface area contributed by atoms with Gasteiger partial charge >= 0.3 is 6.61 Å². The Bertz CT molecular complexity index is 432. The molecule has 0 fully saturated rings. The van der Waals surface area contributed by atoms with Gasteiger partial charge in [0.1, 0.15) is 5.75 Å². The zero-order valence-electron chi connectivity index (χ0n) is 8.17. The molecule has 0 unspecified atom stereocenters. The number of aldehydes is 1. The fourth-order valence-corrected chi connectivity index (χ4v) is 1.58. The number of ketones is 1. The molecule has 0 aromatic heterocycles. The highest BCUT2D eigenvalue weighted by atomic mass is 79.9. The van der Waals surface area contributed by atoms with Crippen molar-refractivity contribution in [1.82, 2.24) is 0 Å². The van der Waals surface area contributed by atoms with Gasteiger partial charge in [0.15, 0.2) is 12.1 Å². The Kier molecular flexibility index (Phi) is 4.12. The molecular formula is C10H7BrF2O3. The molecule has 1 aromatic carbocycles. The van der Waals surface area contributed by atoms with Crippen molar-refractivity contribution in [3.05, 3.63) is 27.7 Å². The first-order valence-corrected chi connectivity index (χ1v) is 5.00. The zero-order chi connectivity index (χ0) is 12.3. The van der Waals surface area contributed by atoms with Crippen LogP contribution in [0.25, 0.3) is 0 Å². The molecule has 86 valence electrons. The standard InChI is InChI=1S/C10H7BrF2O3/c1-5(15)6-2-3-8(11)7(4-14)9(6)16-10(12)13/h2-4,10H,1H3. The summed E-state index contributed by atoms with van der Waals surface area (Å²) >= 11 is 3.01. The van der Waals surface area contributed by atoms with E-state index in [1.807, 2.05) is 0 Å². The maximum absolute atomic E-state index is 12.1. The quantitative estimate of drug-likeness (QED) is 0.633. The highest BCUT2D eigenvalue weighted by Gasteiger charge is 2.19. The normalized spacial score (nSPS) is 10.3. The first-order chi connectivity index (χ1) is 7.47. The summed E-state index contributed by atoms with van der Waals surface area (Å²) in [5.41, 5.74) is -0.154. The fraction of sp³-hybridized carbons (Fsp3) is 0.200. The molecule has 0 saturated carbocycles. The van der Waals surface area contributed by atoms with Crippen LogP contribution in [0.4, 0.5) is 8.78 Å². The highest BCUT2D eigenvalue weighted by molar-refractivity contribution is 9.10. The van der Waals surface area contributed by atoms with Gasteiger partial charge in [-0.15, -0.1) is 0 Å². The summed E-state index contributed by atoms with van der Waals surface area (Å²) in [6.07, 6.45) is 0.355. The van der Waals surface area contributed by atoms with Crippen LogP contribution in [0.1, 0.15) is 27.6 Å². The van der Waals surface area contributed by atoms with E-state index in [-0.39, 0.29) is 11.1 Å². The van der Waals surface area contributed by atoms with Crippen LogP contribution in [0.5, 0.6) is 5.75 Å². The van der Waals surface area contributed by atoms with Crippen LogP contribution < -0.4 is 4.74 Å². The Morgan fingerprint density at radius 3 is 2.56 bits per heavy atom. The number of rotatable bonds is 4. The van der Waals surface area contributed by atoms with E-state index >= 15 is 0 Å². The number of alkyl halides is 2. The van der Waals surface area contributed by atoms with Crippen LogP contribution in [-0.4, -0.2) is 18.7 Å². The summed E-state index contributed by atoms with van der Waals surface area (Å²) in [6.45, 7) is -1.89. The summed E-state index contributed by atoms with van der Waals surface area (Å²) in [7, 11) is 0. The SMILES string of the molecule is CC(=O)c1ccc(Br)c(C=O)c1OC(F)F. The van der Waals surface area contributed by atoms with Crippen LogP contribution >= 0.6 is 15.9 Å². The Hall–Kier alpha value is -1.30. The first-order valence-electron chi connectivity index (χ1n) is 4.20. The number of halogens is 3. The molecule has 0 amide bonds. The van der Waals surface area contributed by atoms with E-state index in [9.17, 15) is 18.4 Å². The van der Waals surface area contributed by atoms with Crippen LogP contribution in [-0.2, 0) is 0 Å². The monoisotopic (exact) mass is 292 g/mol. The lowest BCUT2D eigenvalue weighted by atomic mass is 10.1. The minimum atomic E-state index is -3.09. The minimum absolute atomic E-state index is 0.0504. The van der Waals surface area contributed by atoms with Gasteiger partial charge in [-0.3, -0.25) is 9.59 Å². The molecular weight excluding hydrogens is 286 g/mol. The van der Waals surface area contributed by atoms with E-state index in [4.69, 9.17) is 0 Å². The topological polar surface area (TPSA) is 43.4 Å². The van der Waals surface area contributed by atoms with Crippen molar-refractivity contribution < 1.29 is 23.1 Å². The van der Waals surface area contributed by atoms with E-state index in [0.29, 0.717) is 10.8 Å². The molecule has 0 heterocycles. The summed E-state index contributed by atoms with van der Waals surface area (Å²) in [5, 5.41) is 0. The Labute approximate surface area is 98.5 Å². The second kappa shape index (κ2) is 5.16. The van der Waals surface area contributed by atoms with Gasteiger partial charge in [-0.1, -0.05) is 0 Å². The molecule has 0 radical (unpaired) electrons. The first kappa shape index (κ1) is 12.8. The molecule has 1 rings (SSSR count). The Balaban J connectivity index is 3.40. The van der Waals surface area contributed by atoms with E-state index in [1.165, 1.54) is 19.1 Å². The van der Waals surface area contributed by atoms with E-state index < -0.39 is 18.1 Å². The molecule has 1 aromatic rings. The predicted molar refractivity (Wildman–Crippen MR) is 56.2 cm³/mol. The van der Waals surface area contributed by atoms with Crippen LogP contribution in [0, 0.1) is 0 Å². The third-order valence-corrected chi connectivity index (χ3v) is 2.54. The molecule has 0 aliphatic heterocycles. The average molecular weight is 293 g/mol. The highest BCUT2D eigenvalue weighted by Crippen LogP contribution is 2.31. The van der Waals surface area contributed by atoms with Gasteiger partial charge in [0.25, 0.3) is 0 Å². The third-order valence-electron chi connectivity index (χ3n) is 1.85. The van der Waals surface area contributed by atoms with Gasteiger partial charge in [-0.2, -0.15) is 8.78 Å². The van der Waals surface area contributed by atoms with Gasteiger partial charge in [0.05, 0.1) is 11.1 Å². The molecule has 16 heavy (non-hydrogen) atoms. The molecule has 6 heteroatoms. The van der Waals surface area contributed by atoms with Crippen LogP contribution in [0.3, 0.4) is 0 Å². The number of carbonyl (C=O) groups excluding carboxylic acids is 2. The smallest absolute Gasteiger partial charge is 0.387 e. The van der Waals surface area contributed by atoms with Crippen molar-refractivity contribution in [2.45, 2.75) is 13.5 Å². The lowest BCUT2D eigenvalue weighted by Crippen LogP contribution is -2.09. The number of benzene rings is 1. The molecule has 0 bridgehead atoms. The molecule has 0 aliphatic carbocycles. The second-order valence-electron chi connectivity index (χ2n) is 2.89. The Morgan fingerprint density at radius 2 is 2.12 bits per heavy atom. The lowest BCUT2D eigenvalue weighted by molar-refractivity contribution is -0.0503. The maximum Gasteiger partial charge on any atom is 0.387 e. The largest absolute Gasteiger partial charge is 0.433 e. The van der Waals surface area contributed by atoms with Crippen molar-refractivity contribution in [3.8, 4) is 5.75 Å². The maximum atomic E-state index is 12.1. The van der Waals surface area contributed by atoms with Crippen LogP contribution in [0.2, 0.25) is 0 Å². The van der Waals surface area contributed by atoms with Gasteiger partial charge < -0.3 is 4.74 Å². The zero-order valence-corrected chi connectivity index (χ0v) is 9.75. The van der Waals surface area contributed by atoms with Crippen molar-refractivity contribution in [3.63, 3.8) is 0 Å². The molecule has 0 aliphatic rings. The fourth-order valence-electron chi connectivity index (χ4n) is 1.18. The van der Waals surface area contributed by atoms with Crippen molar-refractivity contribution >= 4 is 28.0 Å². The predicted octanol–water partition coefficient (Wildman–Crippen LogP) is 3.07. The van der Waals surface area contributed by atoms with Gasteiger partial charge in [0, 0.05) is 4.47 Å². The van der Waals surface area contributed by atoms with Crippen molar-refractivity contribution in [2.24, 2.45) is 0 Å². The molecule has 0 spiro atoms. The lowest BCUT2D eigenvalue weighted by Gasteiger charge is -2.11. The molecule has 3 nitrogen and oxygen atoms in total.